The van der Waals surface area contributed by atoms with Crippen molar-refractivity contribution in [2.45, 2.75) is 19.3 Å². The minimum atomic E-state index is -0.474. The molecule has 4 heteroatoms. The van der Waals surface area contributed by atoms with Crippen LogP contribution in [0.25, 0.3) is 0 Å². The minimum absolute atomic E-state index is 0.314. The number of rotatable bonds is 8. The molecule has 0 spiro atoms. The molecule has 0 aliphatic rings. The molecule has 0 fully saturated rings. The zero-order valence-corrected chi connectivity index (χ0v) is 9.24. The largest absolute Gasteiger partial charge is 0.463 e. The van der Waals surface area contributed by atoms with Crippen LogP contribution in [0.2, 0.25) is 0 Å². The maximum atomic E-state index is 11.1. The van der Waals surface area contributed by atoms with Crippen molar-refractivity contribution in [1.82, 2.24) is 0 Å². The third kappa shape index (κ3) is 6.59. The second-order valence-corrected chi connectivity index (χ2v) is 3.00. The first-order valence-electron chi connectivity index (χ1n) is 4.90. The van der Waals surface area contributed by atoms with Gasteiger partial charge in [0.1, 0.15) is 0 Å². The summed E-state index contributed by atoms with van der Waals surface area (Å²) in [5.41, 5.74) is 0.384. The van der Waals surface area contributed by atoms with Crippen LogP contribution >= 0.6 is 0 Å². The third-order valence-corrected chi connectivity index (χ3v) is 1.76. The van der Waals surface area contributed by atoms with Crippen LogP contribution in [0.5, 0.6) is 0 Å². The molecule has 0 unspecified atom stereocenters. The lowest BCUT2D eigenvalue weighted by Crippen LogP contribution is -2.04. The summed E-state index contributed by atoms with van der Waals surface area (Å²) in [6, 6.07) is 0. The van der Waals surface area contributed by atoms with Gasteiger partial charge in [-0.15, -0.1) is 0 Å². The Bertz CT molecular complexity index is 291. The van der Waals surface area contributed by atoms with Crippen LogP contribution in [0, 0.1) is 0 Å². The maximum absolute atomic E-state index is 11.1. The Balaban J connectivity index is 3.55. The molecule has 0 amide bonds. The van der Waals surface area contributed by atoms with Crippen LogP contribution in [-0.2, 0) is 19.1 Å². The molecule has 0 heterocycles. The van der Waals surface area contributed by atoms with Crippen LogP contribution in [0.1, 0.15) is 19.3 Å². The highest BCUT2D eigenvalue weighted by molar-refractivity contribution is 5.88. The Labute approximate surface area is 95.2 Å². The van der Waals surface area contributed by atoms with Crippen molar-refractivity contribution in [3.8, 4) is 0 Å². The number of carbonyl (C=O) groups is 2. The summed E-state index contributed by atoms with van der Waals surface area (Å²) in [5.74, 6) is -0.914. The second kappa shape index (κ2) is 8.47. The fraction of sp³-hybridized carbons (Fsp3) is 0.333. The maximum Gasteiger partial charge on any atom is 0.338 e. The van der Waals surface area contributed by atoms with E-state index in [9.17, 15) is 9.59 Å². The van der Waals surface area contributed by atoms with Gasteiger partial charge in [0, 0.05) is 11.6 Å². The van der Waals surface area contributed by atoms with Crippen LogP contribution in [0.4, 0.5) is 0 Å². The summed E-state index contributed by atoms with van der Waals surface area (Å²) in [6.07, 6.45) is 4.06. The highest BCUT2D eigenvalue weighted by atomic mass is 16.5. The summed E-state index contributed by atoms with van der Waals surface area (Å²) in [6.45, 7) is 10.4. The monoisotopic (exact) mass is 224 g/mol. The average Bonchev–Trinajstić information content (AvgIpc) is 2.28. The van der Waals surface area contributed by atoms with Crippen LogP contribution in [0.15, 0.2) is 37.6 Å². The van der Waals surface area contributed by atoms with E-state index < -0.39 is 11.9 Å². The summed E-state index contributed by atoms with van der Waals surface area (Å²) in [7, 11) is 0. The third-order valence-electron chi connectivity index (χ3n) is 1.76. The minimum Gasteiger partial charge on any atom is -0.463 e. The standard InChI is InChI=1S/C12H16O4/c1-4-11(13)16-9-7-6-8-10(3)12(14)15-5-2/h4-5H,1-3,6-9H2. The number of hydrogen-bond donors (Lipinski definition) is 0. The van der Waals surface area contributed by atoms with E-state index in [0.717, 1.165) is 12.3 Å². The average molecular weight is 224 g/mol. The van der Waals surface area contributed by atoms with E-state index in [1.54, 1.807) is 0 Å². The highest BCUT2D eigenvalue weighted by Gasteiger charge is 2.06. The molecule has 88 valence electrons. The van der Waals surface area contributed by atoms with Gasteiger partial charge < -0.3 is 9.47 Å². The van der Waals surface area contributed by atoms with Gasteiger partial charge in [-0.3, -0.25) is 0 Å². The molecule has 0 atom stereocenters. The summed E-state index contributed by atoms with van der Waals surface area (Å²) in [5, 5.41) is 0. The zero-order valence-electron chi connectivity index (χ0n) is 9.24. The molecule has 0 N–H and O–H groups in total. The normalized spacial score (nSPS) is 9.00. The molecule has 0 aromatic heterocycles. The Morgan fingerprint density at radius 2 is 1.88 bits per heavy atom. The number of ether oxygens (including phenoxy) is 2. The molecule has 0 bridgehead atoms. The quantitative estimate of drug-likeness (QED) is 0.274. The molecule has 0 saturated heterocycles. The molecule has 16 heavy (non-hydrogen) atoms. The predicted molar refractivity (Wildman–Crippen MR) is 60.4 cm³/mol. The van der Waals surface area contributed by atoms with E-state index in [0.29, 0.717) is 31.4 Å². The van der Waals surface area contributed by atoms with Gasteiger partial charge in [-0.25, -0.2) is 9.59 Å². The van der Waals surface area contributed by atoms with Gasteiger partial charge in [0.25, 0.3) is 0 Å². The van der Waals surface area contributed by atoms with Gasteiger partial charge in [-0.1, -0.05) is 19.7 Å². The van der Waals surface area contributed by atoms with Gasteiger partial charge in [0.05, 0.1) is 12.9 Å². The van der Waals surface area contributed by atoms with Crippen molar-refractivity contribution in [2.75, 3.05) is 6.61 Å². The molecule has 4 nitrogen and oxygen atoms in total. The number of unbranched alkanes of at least 4 members (excludes halogenated alkanes) is 1. The van der Waals surface area contributed by atoms with Crippen molar-refractivity contribution in [1.29, 1.82) is 0 Å². The topological polar surface area (TPSA) is 52.6 Å². The number of esters is 2. The van der Waals surface area contributed by atoms with Crippen molar-refractivity contribution < 1.29 is 19.1 Å². The van der Waals surface area contributed by atoms with E-state index >= 15 is 0 Å². The van der Waals surface area contributed by atoms with Crippen molar-refractivity contribution in [3.05, 3.63) is 37.6 Å². The van der Waals surface area contributed by atoms with Gasteiger partial charge in [-0.2, -0.15) is 0 Å². The molecule has 0 saturated carbocycles. The Morgan fingerprint density at radius 1 is 1.19 bits per heavy atom. The van der Waals surface area contributed by atoms with E-state index in [1.807, 2.05) is 0 Å². The lowest BCUT2D eigenvalue weighted by Gasteiger charge is -2.03. The van der Waals surface area contributed by atoms with E-state index in [2.05, 4.69) is 24.5 Å². The molecular weight excluding hydrogens is 208 g/mol. The number of carbonyl (C=O) groups excluding carboxylic acids is 2. The van der Waals surface area contributed by atoms with Gasteiger partial charge in [-0.05, 0) is 19.3 Å². The van der Waals surface area contributed by atoms with Gasteiger partial charge in [0.15, 0.2) is 0 Å². The van der Waals surface area contributed by atoms with E-state index in [4.69, 9.17) is 4.74 Å². The SMILES string of the molecule is C=COC(=O)C(=C)CCCCOC(=O)C=C. The Morgan fingerprint density at radius 3 is 2.44 bits per heavy atom. The van der Waals surface area contributed by atoms with Gasteiger partial charge in [0.2, 0.25) is 0 Å². The highest BCUT2D eigenvalue weighted by Crippen LogP contribution is 2.07. The number of hydrogen-bond acceptors (Lipinski definition) is 4. The molecular formula is C12H16O4. The summed E-state index contributed by atoms with van der Waals surface area (Å²) in [4.78, 5) is 21.7. The fourth-order valence-electron chi connectivity index (χ4n) is 0.933. The summed E-state index contributed by atoms with van der Waals surface area (Å²) < 4.78 is 9.31. The zero-order chi connectivity index (χ0) is 12.4. The lowest BCUT2D eigenvalue weighted by atomic mass is 10.1. The van der Waals surface area contributed by atoms with Crippen molar-refractivity contribution in [3.63, 3.8) is 0 Å². The first-order chi connectivity index (χ1) is 7.61. The molecule has 0 aromatic rings. The molecule has 0 rings (SSSR count). The summed E-state index contributed by atoms with van der Waals surface area (Å²) >= 11 is 0. The van der Waals surface area contributed by atoms with Gasteiger partial charge >= 0.3 is 11.9 Å². The van der Waals surface area contributed by atoms with E-state index in [-0.39, 0.29) is 0 Å². The fourth-order valence-corrected chi connectivity index (χ4v) is 0.933. The predicted octanol–water partition coefficient (Wildman–Crippen LogP) is 2.13. The van der Waals surface area contributed by atoms with E-state index in [1.165, 1.54) is 0 Å². The lowest BCUT2D eigenvalue weighted by molar-refractivity contribution is -0.138. The first kappa shape index (κ1) is 14.2. The smallest absolute Gasteiger partial charge is 0.338 e. The second-order valence-electron chi connectivity index (χ2n) is 3.00. The molecule has 0 aliphatic carbocycles. The molecule has 0 aliphatic heterocycles. The molecule has 0 aromatic carbocycles. The molecule has 0 radical (unpaired) electrons. The Hall–Kier alpha value is -1.84. The van der Waals surface area contributed by atoms with Crippen LogP contribution in [-0.4, -0.2) is 18.5 Å². The van der Waals surface area contributed by atoms with Crippen LogP contribution in [0.3, 0.4) is 0 Å². The first-order valence-corrected chi connectivity index (χ1v) is 4.90. The Kier molecular flexibility index (Phi) is 7.49. The van der Waals surface area contributed by atoms with Crippen molar-refractivity contribution >= 4 is 11.9 Å². The van der Waals surface area contributed by atoms with Crippen LogP contribution < -0.4 is 0 Å². The van der Waals surface area contributed by atoms with Crippen molar-refractivity contribution in [2.24, 2.45) is 0 Å².